The Bertz CT molecular complexity index is 407. The molecule has 19 heavy (non-hydrogen) atoms. The van der Waals surface area contributed by atoms with Gasteiger partial charge in [-0.2, -0.15) is 5.10 Å². The van der Waals surface area contributed by atoms with Gasteiger partial charge in [0, 0.05) is 38.8 Å². The first-order valence-corrected chi connectivity index (χ1v) is 7.18. The maximum absolute atomic E-state index is 12.2. The zero-order valence-corrected chi connectivity index (χ0v) is 11.9. The number of rotatable bonds is 4. The third-order valence-electron chi connectivity index (χ3n) is 3.56. The van der Waals surface area contributed by atoms with Gasteiger partial charge < -0.3 is 10.2 Å². The van der Waals surface area contributed by atoms with Crippen LogP contribution in [0.3, 0.4) is 0 Å². The summed E-state index contributed by atoms with van der Waals surface area (Å²) in [6.45, 7) is 3.90. The molecule has 0 saturated carbocycles. The Kier molecular flexibility index (Phi) is 4.82. The van der Waals surface area contributed by atoms with Crippen molar-refractivity contribution in [3.8, 4) is 0 Å². The molecule has 0 aromatic carbocycles. The van der Waals surface area contributed by atoms with Crippen molar-refractivity contribution in [1.82, 2.24) is 14.7 Å². The number of amides is 1. The van der Waals surface area contributed by atoms with Gasteiger partial charge >= 0.3 is 0 Å². The van der Waals surface area contributed by atoms with Crippen LogP contribution in [0.2, 0.25) is 0 Å². The third-order valence-corrected chi connectivity index (χ3v) is 3.56. The van der Waals surface area contributed by atoms with E-state index in [1.54, 1.807) is 10.9 Å². The van der Waals surface area contributed by atoms with E-state index in [2.05, 4.69) is 10.4 Å². The summed E-state index contributed by atoms with van der Waals surface area (Å²) in [7, 11) is 1.89. The lowest BCUT2D eigenvalue weighted by molar-refractivity contribution is -0.131. The summed E-state index contributed by atoms with van der Waals surface area (Å²) >= 11 is 0. The van der Waals surface area contributed by atoms with Gasteiger partial charge in [0.05, 0.1) is 11.9 Å². The Morgan fingerprint density at radius 1 is 1.37 bits per heavy atom. The van der Waals surface area contributed by atoms with Crippen molar-refractivity contribution in [3.63, 3.8) is 0 Å². The van der Waals surface area contributed by atoms with E-state index < -0.39 is 0 Å². The maximum Gasteiger partial charge on any atom is 0.224 e. The largest absolute Gasteiger partial charge is 0.380 e. The highest BCUT2D eigenvalue weighted by Crippen LogP contribution is 2.13. The third kappa shape index (κ3) is 4.26. The molecule has 1 atom stereocenters. The average Bonchev–Trinajstić information content (AvgIpc) is 2.64. The molecule has 1 aromatic rings. The SMILES string of the molecule is C[C@H](CC(=O)N1CCCCCC1)Nc1cnn(C)c1. The van der Waals surface area contributed by atoms with Gasteiger partial charge in [-0.1, -0.05) is 12.8 Å². The summed E-state index contributed by atoms with van der Waals surface area (Å²) < 4.78 is 1.76. The van der Waals surface area contributed by atoms with Crippen molar-refractivity contribution in [3.05, 3.63) is 12.4 Å². The Labute approximate surface area is 115 Å². The maximum atomic E-state index is 12.2. The number of anilines is 1. The number of carbonyl (C=O) groups is 1. The quantitative estimate of drug-likeness (QED) is 0.905. The van der Waals surface area contributed by atoms with E-state index >= 15 is 0 Å². The monoisotopic (exact) mass is 264 g/mol. The van der Waals surface area contributed by atoms with Gasteiger partial charge in [-0.15, -0.1) is 0 Å². The van der Waals surface area contributed by atoms with Crippen LogP contribution in [0.25, 0.3) is 0 Å². The highest BCUT2D eigenvalue weighted by atomic mass is 16.2. The second-order valence-electron chi connectivity index (χ2n) is 5.45. The number of nitrogens with one attached hydrogen (secondary N) is 1. The topological polar surface area (TPSA) is 50.2 Å². The van der Waals surface area contributed by atoms with Crippen LogP contribution in [0.1, 0.15) is 39.0 Å². The van der Waals surface area contributed by atoms with E-state index in [-0.39, 0.29) is 11.9 Å². The Hall–Kier alpha value is -1.52. The molecular weight excluding hydrogens is 240 g/mol. The second kappa shape index (κ2) is 6.59. The lowest BCUT2D eigenvalue weighted by atomic mass is 10.2. The van der Waals surface area contributed by atoms with Crippen LogP contribution in [0, 0.1) is 0 Å². The molecule has 2 rings (SSSR count). The number of nitrogens with zero attached hydrogens (tertiary/aromatic N) is 3. The molecule has 106 valence electrons. The summed E-state index contributed by atoms with van der Waals surface area (Å²) in [6.07, 6.45) is 9.07. The van der Waals surface area contributed by atoms with Crippen LogP contribution in [-0.2, 0) is 11.8 Å². The molecule has 1 fully saturated rings. The molecule has 2 heterocycles. The number of aromatic nitrogens is 2. The number of carbonyl (C=O) groups excluding carboxylic acids is 1. The van der Waals surface area contributed by atoms with Gasteiger partial charge in [0.2, 0.25) is 5.91 Å². The van der Waals surface area contributed by atoms with Crippen molar-refractivity contribution in [2.24, 2.45) is 7.05 Å². The van der Waals surface area contributed by atoms with E-state index in [0.29, 0.717) is 6.42 Å². The van der Waals surface area contributed by atoms with E-state index in [0.717, 1.165) is 31.6 Å². The second-order valence-corrected chi connectivity index (χ2v) is 5.45. The van der Waals surface area contributed by atoms with Crippen LogP contribution in [0.5, 0.6) is 0 Å². The summed E-state index contributed by atoms with van der Waals surface area (Å²) in [5.74, 6) is 0.269. The molecule has 1 aromatic heterocycles. The smallest absolute Gasteiger partial charge is 0.224 e. The average molecular weight is 264 g/mol. The molecular formula is C14H24N4O. The van der Waals surface area contributed by atoms with Crippen LogP contribution in [-0.4, -0.2) is 39.7 Å². The Morgan fingerprint density at radius 2 is 2.05 bits per heavy atom. The number of hydrogen-bond acceptors (Lipinski definition) is 3. The van der Waals surface area contributed by atoms with Crippen molar-refractivity contribution in [1.29, 1.82) is 0 Å². The molecule has 1 saturated heterocycles. The number of aryl methyl sites for hydroxylation is 1. The molecule has 0 radical (unpaired) electrons. The molecule has 1 aliphatic heterocycles. The predicted octanol–water partition coefficient (Wildman–Crippen LogP) is 2.01. The highest BCUT2D eigenvalue weighted by Gasteiger charge is 2.17. The number of hydrogen-bond donors (Lipinski definition) is 1. The van der Waals surface area contributed by atoms with Gasteiger partial charge in [-0.3, -0.25) is 9.48 Å². The minimum absolute atomic E-state index is 0.139. The normalized spacial score (nSPS) is 17.9. The molecule has 1 amide bonds. The summed E-state index contributed by atoms with van der Waals surface area (Å²) in [5.41, 5.74) is 0.971. The van der Waals surface area contributed by atoms with Crippen molar-refractivity contribution >= 4 is 11.6 Å². The standard InChI is InChI=1S/C14H24N4O/c1-12(16-13-10-15-17(2)11-13)9-14(19)18-7-5-3-4-6-8-18/h10-12,16H,3-9H2,1-2H3/t12-/m1/s1. The molecule has 0 spiro atoms. The summed E-state index contributed by atoms with van der Waals surface area (Å²) in [5, 5.41) is 7.43. The summed E-state index contributed by atoms with van der Waals surface area (Å²) in [6, 6.07) is 0.139. The van der Waals surface area contributed by atoms with Gasteiger partial charge in [-0.05, 0) is 19.8 Å². The van der Waals surface area contributed by atoms with Gasteiger partial charge in [-0.25, -0.2) is 0 Å². The molecule has 0 unspecified atom stereocenters. The van der Waals surface area contributed by atoms with Crippen LogP contribution in [0.15, 0.2) is 12.4 Å². The Morgan fingerprint density at radius 3 is 2.63 bits per heavy atom. The molecule has 5 heteroatoms. The first-order valence-electron chi connectivity index (χ1n) is 7.18. The van der Waals surface area contributed by atoms with Gasteiger partial charge in [0.25, 0.3) is 0 Å². The molecule has 5 nitrogen and oxygen atoms in total. The zero-order valence-electron chi connectivity index (χ0n) is 11.9. The minimum atomic E-state index is 0.139. The zero-order chi connectivity index (χ0) is 13.7. The highest BCUT2D eigenvalue weighted by molar-refractivity contribution is 5.77. The molecule has 0 bridgehead atoms. The van der Waals surface area contributed by atoms with Crippen molar-refractivity contribution in [2.45, 2.75) is 45.1 Å². The van der Waals surface area contributed by atoms with E-state index in [1.807, 2.05) is 25.1 Å². The van der Waals surface area contributed by atoms with Crippen LogP contribution >= 0.6 is 0 Å². The van der Waals surface area contributed by atoms with E-state index in [4.69, 9.17) is 0 Å². The molecule has 1 aliphatic rings. The Balaban J connectivity index is 1.80. The number of likely N-dealkylation sites (tertiary alicyclic amines) is 1. The van der Waals surface area contributed by atoms with Gasteiger partial charge in [0.1, 0.15) is 0 Å². The first-order chi connectivity index (χ1) is 9.15. The van der Waals surface area contributed by atoms with Crippen molar-refractivity contribution < 1.29 is 4.79 Å². The molecule has 0 aliphatic carbocycles. The molecule has 1 N–H and O–H groups in total. The first kappa shape index (κ1) is 13.9. The summed E-state index contributed by atoms with van der Waals surface area (Å²) in [4.78, 5) is 14.2. The fourth-order valence-corrected chi connectivity index (χ4v) is 2.54. The lowest BCUT2D eigenvalue weighted by Gasteiger charge is -2.22. The van der Waals surface area contributed by atoms with E-state index in [1.165, 1.54) is 12.8 Å². The van der Waals surface area contributed by atoms with Crippen LogP contribution < -0.4 is 5.32 Å². The van der Waals surface area contributed by atoms with Crippen LogP contribution in [0.4, 0.5) is 5.69 Å². The van der Waals surface area contributed by atoms with Gasteiger partial charge in [0.15, 0.2) is 0 Å². The predicted molar refractivity (Wildman–Crippen MR) is 76.0 cm³/mol. The van der Waals surface area contributed by atoms with E-state index in [9.17, 15) is 4.79 Å². The van der Waals surface area contributed by atoms with Crippen molar-refractivity contribution in [2.75, 3.05) is 18.4 Å². The fourth-order valence-electron chi connectivity index (χ4n) is 2.54. The fraction of sp³-hybridized carbons (Fsp3) is 0.714. The lowest BCUT2D eigenvalue weighted by Crippen LogP contribution is -2.35. The minimum Gasteiger partial charge on any atom is -0.380 e.